The Bertz CT molecular complexity index is 580. The van der Waals surface area contributed by atoms with Crippen molar-refractivity contribution in [1.29, 1.82) is 0 Å². The Labute approximate surface area is 143 Å². The third-order valence-corrected chi connectivity index (χ3v) is 4.95. The normalized spacial score (nSPS) is 21.9. The van der Waals surface area contributed by atoms with E-state index in [1.807, 2.05) is 37.3 Å². The van der Waals surface area contributed by atoms with E-state index in [1.54, 1.807) is 0 Å². The second-order valence-electron chi connectivity index (χ2n) is 6.75. The maximum atomic E-state index is 12.2. The van der Waals surface area contributed by atoms with Crippen LogP contribution in [-0.4, -0.2) is 59.9 Å². The standard InChI is InChI=1S/C18H26N4O2/c1-13(18(24)20-15-7-8-15)21-9-11-22(12-10-21)16(17(19)23)14-5-3-2-4-6-14/h2-6,13,15-16H,7-12H2,1H3,(H2,19,23)(H,20,24)/t13-,16+/m1/s1. The maximum Gasteiger partial charge on any atom is 0.239 e. The summed E-state index contributed by atoms with van der Waals surface area (Å²) in [5, 5.41) is 3.06. The summed E-state index contributed by atoms with van der Waals surface area (Å²) < 4.78 is 0. The van der Waals surface area contributed by atoms with Crippen molar-refractivity contribution in [2.75, 3.05) is 26.2 Å². The van der Waals surface area contributed by atoms with Gasteiger partial charge in [0.2, 0.25) is 11.8 Å². The Morgan fingerprint density at radius 1 is 1.08 bits per heavy atom. The third kappa shape index (κ3) is 3.94. The SMILES string of the molecule is C[C@H](C(=O)NC1CC1)N1CCN([C@H](C(N)=O)c2ccccc2)CC1. The van der Waals surface area contributed by atoms with Crippen LogP contribution in [0.15, 0.2) is 30.3 Å². The molecule has 1 aliphatic carbocycles. The van der Waals surface area contributed by atoms with Crippen LogP contribution in [0.1, 0.15) is 31.4 Å². The molecule has 0 radical (unpaired) electrons. The average molecular weight is 330 g/mol. The van der Waals surface area contributed by atoms with Gasteiger partial charge in [-0.1, -0.05) is 30.3 Å². The molecule has 1 aliphatic heterocycles. The van der Waals surface area contributed by atoms with Gasteiger partial charge < -0.3 is 11.1 Å². The Morgan fingerprint density at radius 3 is 2.21 bits per heavy atom. The van der Waals surface area contributed by atoms with Gasteiger partial charge >= 0.3 is 0 Å². The molecule has 0 bridgehead atoms. The fourth-order valence-corrected chi connectivity index (χ4v) is 3.29. The van der Waals surface area contributed by atoms with E-state index in [0.717, 1.165) is 44.6 Å². The van der Waals surface area contributed by atoms with Crippen molar-refractivity contribution < 1.29 is 9.59 Å². The Morgan fingerprint density at radius 2 is 1.67 bits per heavy atom. The number of carbonyl (C=O) groups excluding carboxylic acids is 2. The summed E-state index contributed by atoms with van der Waals surface area (Å²) in [7, 11) is 0. The first-order valence-electron chi connectivity index (χ1n) is 8.69. The summed E-state index contributed by atoms with van der Waals surface area (Å²) in [5.74, 6) is -0.213. The molecule has 1 aromatic carbocycles. The second-order valence-corrected chi connectivity index (χ2v) is 6.75. The number of hydrogen-bond acceptors (Lipinski definition) is 4. The Kier molecular flexibility index (Phi) is 5.16. The van der Waals surface area contributed by atoms with Crippen LogP contribution < -0.4 is 11.1 Å². The minimum Gasteiger partial charge on any atom is -0.368 e. The van der Waals surface area contributed by atoms with Gasteiger partial charge in [0, 0.05) is 32.2 Å². The van der Waals surface area contributed by atoms with Crippen molar-refractivity contribution >= 4 is 11.8 Å². The molecule has 6 heteroatoms. The zero-order valence-corrected chi connectivity index (χ0v) is 14.1. The number of amides is 2. The molecule has 3 rings (SSSR count). The number of nitrogens with zero attached hydrogens (tertiary/aromatic N) is 2. The number of piperazine rings is 1. The predicted molar refractivity (Wildman–Crippen MR) is 92.2 cm³/mol. The van der Waals surface area contributed by atoms with E-state index in [4.69, 9.17) is 5.73 Å². The van der Waals surface area contributed by atoms with Crippen LogP contribution in [0.3, 0.4) is 0 Å². The molecule has 0 aromatic heterocycles. The number of nitrogens with one attached hydrogen (secondary N) is 1. The zero-order valence-electron chi connectivity index (χ0n) is 14.1. The van der Waals surface area contributed by atoms with Crippen molar-refractivity contribution in [3.8, 4) is 0 Å². The van der Waals surface area contributed by atoms with Gasteiger partial charge in [-0.3, -0.25) is 19.4 Å². The van der Waals surface area contributed by atoms with Crippen molar-refractivity contribution in [3.63, 3.8) is 0 Å². The molecule has 2 amide bonds. The highest BCUT2D eigenvalue weighted by Crippen LogP contribution is 2.23. The van der Waals surface area contributed by atoms with Crippen LogP contribution >= 0.6 is 0 Å². The Hall–Kier alpha value is -1.92. The molecule has 1 heterocycles. The first kappa shape index (κ1) is 16.9. The number of nitrogens with two attached hydrogens (primary N) is 1. The lowest BCUT2D eigenvalue weighted by Crippen LogP contribution is -2.55. The lowest BCUT2D eigenvalue weighted by atomic mass is 10.0. The first-order valence-corrected chi connectivity index (χ1v) is 8.69. The number of carbonyl (C=O) groups is 2. The summed E-state index contributed by atoms with van der Waals surface area (Å²) in [5.41, 5.74) is 6.57. The van der Waals surface area contributed by atoms with E-state index in [-0.39, 0.29) is 17.9 Å². The van der Waals surface area contributed by atoms with E-state index in [2.05, 4.69) is 15.1 Å². The third-order valence-electron chi connectivity index (χ3n) is 4.95. The van der Waals surface area contributed by atoms with Crippen molar-refractivity contribution in [3.05, 3.63) is 35.9 Å². The van der Waals surface area contributed by atoms with Gasteiger partial charge in [0.05, 0.1) is 6.04 Å². The molecule has 6 nitrogen and oxygen atoms in total. The lowest BCUT2D eigenvalue weighted by Gasteiger charge is -2.40. The van der Waals surface area contributed by atoms with Crippen LogP contribution in [-0.2, 0) is 9.59 Å². The number of primary amides is 1. The van der Waals surface area contributed by atoms with E-state index in [9.17, 15) is 9.59 Å². The van der Waals surface area contributed by atoms with E-state index in [1.165, 1.54) is 0 Å². The van der Waals surface area contributed by atoms with E-state index in [0.29, 0.717) is 6.04 Å². The van der Waals surface area contributed by atoms with Crippen LogP contribution in [0.2, 0.25) is 0 Å². The summed E-state index contributed by atoms with van der Waals surface area (Å²) in [6, 6.07) is 9.51. The molecule has 1 aromatic rings. The average Bonchev–Trinajstić information content (AvgIpc) is 3.39. The minimum absolute atomic E-state index is 0.112. The quantitative estimate of drug-likeness (QED) is 0.796. The topological polar surface area (TPSA) is 78.7 Å². The highest BCUT2D eigenvalue weighted by molar-refractivity contribution is 5.82. The molecular formula is C18H26N4O2. The molecule has 1 saturated carbocycles. The summed E-state index contributed by atoms with van der Waals surface area (Å²) in [6.07, 6.45) is 2.20. The fourth-order valence-electron chi connectivity index (χ4n) is 3.29. The van der Waals surface area contributed by atoms with Gasteiger partial charge in [-0.05, 0) is 25.3 Å². The van der Waals surface area contributed by atoms with E-state index < -0.39 is 6.04 Å². The number of benzene rings is 1. The van der Waals surface area contributed by atoms with Crippen molar-refractivity contribution in [2.45, 2.75) is 37.9 Å². The molecule has 130 valence electrons. The summed E-state index contributed by atoms with van der Waals surface area (Å²) in [4.78, 5) is 28.4. The predicted octanol–water partition coefficient (Wildman–Crippen LogP) is 0.498. The summed E-state index contributed by atoms with van der Waals surface area (Å²) >= 11 is 0. The van der Waals surface area contributed by atoms with E-state index >= 15 is 0 Å². The van der Waals surface area contributed by atoms with Crippen molar-refractivity contribution in [2.24, 2.45) is 5.73 Å². The lowest BCUT2D eigenvalue weighted by molar-refractivity contribution is -0.129. The van der Waals surface area contributed by atoms with Gasteiger partial charge in [0.15, 0.2) is 0 Å². The van der Waals surface area contributed by atoms with Crippen LogP contribution in [0.5, 0.6) is 0 Å². The summed E-state index contributed by atoms with van der Waals surface area (Å²) in [6.45, 7) is 4.93. The molecule has 24 heavy (non-hydrogen) atoms. The smallest absolute Gasteiger partial charge is 0.239 e. The molecular weight excluding hydrogens is 304 g/mol. The van der Waals surface area contributed by atoms with Crippen molar-refractivity contribution in [1.82, 2.24) is 15.1 Å². The number of rotatable bonds is 6. The van der Waals surface area contributed by atoms with Gasteiger partial charge in [-0.15, -0.1) is 0 Å². The number of hydrogen-bond donors (Lipinski definition) is 2. The van der Waals surface area contributed by atoms with Crippen LogP contribution in [0.25, 0.3) is 0 Å². The molecule has 2 atom stereocenters. The molecule has 0 unspecified atom stereocenters. The van der Waals surface area contributed by atoms with Gasteiger partial charge in [-0.25, -0.2) is 0 Å². The minimum atomic E-state index is -0.399. The first-order chi connectivity index (χ1) is 11.6. The fraction of sp³-hybridized carbons (Fsp3) is 0.556. The highest BCUT2D eigenvalue weighted by atomic mass is 16.2. The molecule has 2 fully saturated rings. The van der Waals surface area contributed by atoms with Crippen LogP contribution in [0, 0.1) is 0 Å². The molecule has 1 saturated heterocycles. The van der Waals surface area contributed by atoms with Gasteiger partial charge in [0.1, 0.15) is 6.04 Å². The van der Waals surface area contributed by atoms with Gasteiger partial charge in [-0.2, -0.15) is 0 Å². The second kappa shape index (κ2) is 7.32. The Balaban J connectivity index is 1.58. The zero-order chi connectivity index (χ0) is 17.1. The highest BCUT2D eigenvalue weighted by Gasteiger charge is 2.33. The largest absolute Gasteiger partial charge is 0.368 e. The maximum absolute atomic E-state index is 12.2. The monoisotopic (exact) mass is 330 g/mol. The van der Waals surface area contributed by atoms with Gasteiger partial charge in [0.25, 0.3) is 0 Å². The molecule has 2 aliphatic rings. The van der Waals surface area contributed by atoms with Crippen LogP contribution in [0.4, 0.5) is 0 Å². The molecule has 3 N–H and O–H groups in total. The molecule has 0 spiro atoms.